The Kier molecular flexibility index (Phi) is 3.90. The lowest BCUT2D eigenvalue weighted by Gasteiger charge is -2.33. The van der Waals surface area contributed by atoms with E-state index in [0.717, 1.165) is 24.9 Å². The zero-order chi connectivity index (χ0) is 14.0. The Hall–Kier alpha value is -1.42. The van der Waals surface area contributed by atoms with Crippen LogP contribution in [0.5, 0.6) is 0 Å². The van der Waals surface area contributed by atoms with Gasteiger partial charge in [0.1, 0.15) is 5.82 Å². The standard InChI is InChI=1S/C15H21FN2O/c1-11(12-5-7-13(16)8-6-12)18(3)14(19)15(2)9-4-10-17-15/h5-8,11,17H,4,9-10H2,1-3H3. The average Bonchev–Trinajstić information content (AvgIpc) is 2.85. The first kappa shape index (κ1) is 14.0. The van der Waals surface area contributed by atoms with Crippen LogP contribution in [0.3, 0.4) is 0 Å². The highest BCUT2D eigenvalue weighted by atomic mass is 19.1. The number of halogens is 1. The van der Waals surface area contributed by atoms with Crippen LogP contribution < -0.4 is 5.32 Å². The molecule has 0 saturated carbocycles. The molecule has 2 atom stereocenters. The summed E-state index contributed by atoms with van der Waals surface area (Å²) in [6.45, 7) is 4.81. The number of hydrogen-bond acceptors (Lipinski definition) is 2. The van der Waals surface area contributed by atoms with Gasteiger partial charge in [-0.05, 0) is 50.9 Å². The van der Waals surface area contributed by atoms with Crippen molar-refractivity contribution in [2.45, 2.75) is 38.3 Å². The second-order valence-electron chi connectivity index (χ2n) is 5.51. The van der Waals surface area contributed by atoms with Gasteiger partial charge in [0.15, 0.2) is 0 Å². The summed E-state index contributed by atoms with van der Waals surface area (Å²) in [6.07, 6.45) is 1.90. The lowest BCUT2D eigenvalue weighted by Crippen LogP contribution is -2.52. The molecule has 1 heterocycles. The molecule has 1 aliphatic rings. The highest BCUT2D eigenvalue weighted by Crippen LogP contribution is 2.26. The monoisotopic (exact) mass is 264 g/mol. The van der Waals surface area contributed by atoms with E-state index in [9.17, 15) is 9.18 Å². The summed E-state index contributed by atoms with van der Waals surface area (Å²) in [7, 11) is 1.81. The zero-order valence-electron chi connectivity index (χ0n) is 11.7. The van der Waals surface area contributed by atoms with E-state index in [-0.39, 0.29) is 17.8 Å². The molecule has 1 fully saturated rings. The van der Waals surface area contributed by atoms with Crippen molar-refractivity contribution in [3.8, 4) is 0 Å². The Bertz CT molecular complexity index is 452. The van der Waals surface area contributed by atoms with Crippen LogP contribution in [-0.2, 0) is 4.79 Å². The van der Waals surface area contributed by atoms with Crippen LogP contribution in [0.25, 0.3) is 0 Å². The Morgan fingerprint density at radius 3 is 2.58 bits per heavy atom. The van der Waals surface area contributed by atoms with Crippen LogP contribution in [0.15, 0.2) is 24.3 Å². The fraction of sp³-hybridized carbons (Fsp3) is 0.533. The van der Waals surface area contributed by atoms with E-state index in [0.29, 0.717) is 0 Å². The van der Waals surface area contributed by atoms with E-state index in [1.54, 1.807) is 17.0 Å². The Morgan fingerprint density at radius 1 is 1.42 bits per heavy atom. The molecule has 3 nitrogen and oxygen atoms in total. The lowest BCUT2D eigenvalue weighted by atomic mass is 9.97. The highest BCUT2D eigenvalue weighted by molar-refractivity contribution is 5.86. The van der Waals surface area contributed by atoms with Crippen molar-refractivity contribution in [1.82, 2.24) is 10.2 Å². The number of likely N-dealkylation sites (N-methyl/N-ethyl adjacent to an activating group) is 1. The van der Waals surface area contributed by atoms with Crippen molar-refractivity contribution >= 4 is 5.91 Å². The Morgan fingerprint density at radius 2 is 2.05 bits per heavy atom. The first-order chi connectivity index (χ1) is 8.94. The van der Waals surface area contributed by atoms with Crippen LogP contribution in [0.1, 0.15) is 38.3 Å². The summed E-state index contributed by atoms with van der Waals surface area (Å²) >= 11 is 0. The number of rotatable bonds is 3. The molecule has 1 aromatic carbocycles. The second kappa shape index (κ2) is 5.29. The number of carbonyl (C=O) groups excluding carboxylic acids is 1. The molecule has 2 rings (SSSR count). The molecule has 1 aliphatic heterocycles. The van der Waals surface area contributed by atoms with Crippen molar-refractivity contribution in [2.24, 2.45) is 0 Å². The van der Waals surface area contributed by atoms with Gasteiger partial charge in [0.25, 0.3) is 0 Å². The van der Waals surface area contributed by atoms with Crippen molar-refractivity contribution in [3.05, 3.63) is 35.6 Å². The molecule has 0 aromatic heterocycles. The summed E-state index contributed by atoms with van der Waals surface area (Å²) in [4.78, 5) is 14.3. The number of hydrogen-bond donors (Lipinski definition) is 1. The molecule has 104 valence electrons. The van der Waals surface area contributed by atoms with Gasteiger partial charge >= 0.3 is 0 Å². The molecule has 0 aliphatic carbocycles. The van der Waals surface area contributed by atoms with Gasteiger partial charge in [-0.2, -0.15) is 0 Å². The normalized spacial score (nSPS) is 24.2. The van der Waals surface area contributed by atoms with E-state index in [4.69, 9.17) is 0 Å². The summed E-state index contributed by atoms with van der Waals surface area (Å²) in [6, 6.07) is 6.26. The molecular formula is C15H21FN2O. The minimum atomic E-state index is -0.455. The van der Waals surface area contributed by atoms with Crippen molar-refractivity contribution in [3.63, 3.8) is 0 Å². The molecule has 1 aromatic rings. The van der Waals surface area contributed by atoms with E-state index in [2.05, 4.69) is 5.32 Å². The van der Waals surface area contributed by atoms with Crippen molar-refractivity contribution < 1.29 is 9.18 Å². The van der Waals surface area contributed by atoms with Crippen LogP contribution >= 0.6 is 0 Å². The fourth-order valence-corrected chi connectivity index (χ4v) is 2.61. The quantitative estimate of drug-likeness (QED) is 0.909. The predicted octanol–water partition coefficient (Wildman–Crippen LogP) is 2.49. The van der Waals surface area contributed by atoms with E-state index in [1.807, 2.05) is 20.9 Å². The fourth-order valence-electron chi connectivity index (χ4n) is 2.61. The van der Waals surface area contributed by atoms with E-state index >= 15 is 0 Å². The summed E-state index contributed by atoms with van der Waals surface area (Å²) in [5.74, 6) is -0.156. The third-order valence-electron chi connectivity index (χ3n) is 4.09. The molecule has 0 radical (unpaired) electrons. The van der Waals surface area contributed by atoms with Crippen LogP contribution in [0.2, 0.25) is 0 Å². The Balaban J connectivity index is 2.12. The molecule has 2 unspecified atom stereocenters. The Labute approximate surface area is 113 Å². The molecule has 1 saturated heterocycles. The van der Waals surface area contributed by atoms with Gasteiger partial charge in [0.2, 0.25) is 5.91 Å². The highest BCUT2D eigenvalue weighted by Gasteiger charge is 2.39. The van der Waals surface area contributed by atoms with Gasteiger partial charge in [-0.1, -0.05) is 12.1 Å². The molecule has 0 spiro atoms. The summed E-state index contributed by atoms with van der Waals surface area (Å²) in [5, 5.41) is 3.28. The third kappa shape index (κ3) is 2.78. The van der Waals surface area contributed by atoms with Gasteiger partial charge in [0, 0.05) is 7.05 Å². The van der Waals surface area contributed by atoms with Gasteiger partial charge in [-0.15, -0.1) is 0 Å². The van der Waals surface area contributed by atoms with Crippen LogP contribution in [0, 0.1) is 5.82 Å². The largest absolute Gasteiger partial charge is 0.337 e. The maximum Gasteiger partial charge on any atom is 0.242 e. The topological polar surface area (TPSA) is 32.3 Å². The predicted molar refractivity (Wildman–Crippen MR) is 73.2 cm³/mol. The maximum absolute atomic E-state index is 12.9. The van der Waals surface area contributed by atoms with Gasteiger partial charge in [-0.25, -0.2) is 4.39 Å². The molecule has 1 N–H and O–H groups in total. The van der Waals surface area contributed by atoms with Crippen molar-refractivity contribution in [1.29, 1.82) is 0 Å². The smallest absolute Gasteiger partial charge is 0.242 e. The summed E-state index contributed by atoms with van der Waals surface area (Å²) in [5.41, 5.74) is 0.488. The first-order valence-electron chi connectivity index (χ1n) is 6.72. The summed E-state index contributed by atoms with van der Waals surface area (Å²) < 4.78 is 12.9. The molecular weight excluding hydrogens is 243 g/mol. The average molecular weight is 264 g/mol. The molecule has 19 heavy (non-hydrogen) atoms. The minimum Gasteiger partial charge on any atom is -0.337 e. The number of carbonyl (C=O) groups is 1. The van der Waals surface area contributed by atoms with Crippen LogP contribution in [0.4, 0.5) is 4.39 Å². The minimum absolute atomic E-state index is 0.0627. The van der Waals surface area contributed by atoms with Gasteiger partial charge in [-0.3, -0.25) is 4.79 Å². The van der Waals surface area contributed by atoms with Gasteiger partial charge < -0.3 is 10.2 Å². The number of nitrogens with one attached hydrogen (secondary N) is 1. The SMILES string of the molecule is CC(c1ccc(F)cc1)N(C)C(=O)C1(C)CCCN1. The number of nitrogens with zero attached hydrogens (tertiary/aromatic N) is 1. The van der Waals surface area contributed by atoms with E-state index in [1.165, 1.54) is 12.1 Å². The van der Waals surface area contributed by atoms with Crippen LogP contribution in [-0.4, -0.2) is 29.9 Å². The van der Waals surface area contributed by atoms with Crippen molar-refractivity contribution in [2.75, 3.05) is 13.6 Å². The second-order valence-corrected chi connectivity index (χ2v) is 5.51. The maximum atomic E-state index is 12.9. The first-order valence-corrected chi connectivity index (χ1v) is 6.72. The lowest BCUT2D eigenvalue weighted by molar-refractivity contribution is -0.137. The number of amides is 1. The molecule has 4 heteroatoms. The molecule has 1 amide bonds. The van der Waals surface area contributed by atoms with E-state index < -0.39 is 5.54 Å². The van der Waals surface area contributed by atoms with Gasteiger partial charge in [0.05, 0.1) is 11.6 Å². The molecule has 0 bridgehead atoms. The third-order valence-corrected chi connectivity index (χ3v) is 4.09. The number of benzene rings is 1. The zero-order valence-corrected chi connectivity index (χ0v) is 11.7.